The Hall–Kier alpha value is -3.36. The number of hydrogen-bond acceptors (Lipinski definition) is 2. The molecule has 29 heavy (non-hydrogen) atoms. The summed E-state index contributed by atoms with van der Waals surface area (Å²) in [6.07, 6.45) is 1.89. The van der Waals surface area contributed by atoms with Crippen LogP contribution in [0.25, 0.3) is 28.1 Å². The van der Waals surface area contributed by atoms with Crippen LogP contribution in [0, 0.1) is 24.1 Å². The van der Waals surface area contributed by atoms with E-state index in [1.165, 1.54) is 12.1 Å². The van der Waals surface area contributed by atoms with Gasteiger partial charge < -0.3 is 9.67 Å². The molecule has 1 aromatic heterocycles. The monoisotopic (exact) mass is 446 g/mol. The number of phenols is 1. The second-order valence-corrected chi connectivity index (χ2v) is 7.65. The first kappa shape index (κ1) is 19.0. The summed E-state index contributed by atoms with van der Waals surface area (Å²) < 4.78 is 16.9. The van der Waals surface area contributed by atoms with Gasteiger partial charge in [-0.05, 0) is 60.5 Å². The van der Waals surface area contributed by atoms with E-state index in [1.807, 2.05) is 60.2 Å². The SMILES string of the molecule is Cc1cc(C#N)ccc1-c1c(-c2ccc(Br)cc2)ccn1-c1ccc(O)c(F)c1. The van der Waals surface area contributed by atoms with E-state index < -0.39 is 5.82 Å². The largest absolute Gasteiger partial charge is 0.505 e. The summed E-state index contributed by atoms with van der Waals surface area (Å²) in [5.74, 6) is -1.06. The molecule has 0 atom stereocenters. The van der Waals surface area contributed by atoms with Crippen LogP contribution < -0.4 is 0 Å². The van der Waals surface area contributed by atoms with Crippen molar-refractivity contribution in [3.8, 4) is 39.9 Å². The summed E-state index contributed by atoms with van der Waals surface area (Å²) in [4.78, 5) is 0. The number of aromatic nitrogens is 1. The van der Waals surface area contributed by atoms with Gasteiger partial charge in [0.15, 0.2) is 11.6 Å². The Balaban J connectivity index is 1.99. The highest BCUT2D eigenvalue weighted by atomic mass is 79.9. The zero-order valence-corrected chi connectivity index (χ0v) is 17.1. The molecule has 142 valence electrons. The molecule has 0 saturated heterocycles. The van der Waals surface area contributed by atoms with Crippen molar-refractivity contribution in [2.45, 2.75) is 6.92 Å². The molecule has 0 bridgehead atoms. The second kappa shape index (κ2) is 7.57. The van der Waals surface area contributed by atoms with E-state index in [1.54, 1.807) is 12.1 Å². The van der Waals surface area contributed by atoms with Crippen molar-refractivity contribution in [2.75, 3.05) is 0 Å². The summed E-state index contributed by atoms with van der Waals surface area (Å²) in [5, 5.41) is 18.8. The molecule has 1 heterocycles. The normalized spacial score (nSPS) is 10.7. The smallest absolute Gasteiger partial charge is 0.166 e. The highest BCUT2D eigenvalue weighted by Gasteiger charge is 2.17. The summed E-state index contributed by atoms with van der Waals surface area (Å²) in [5.41, 5.74) is 5.97. The summed E-state index contributed by atoms with van der Waals surface area (Å²) in [7, 11) is 0. The van der Waals surface area contributed by atoms with Crippen LogP contribution in [0.15, 0.2) is 77.4 Å². The molecule has 0 aliphatic heterocycles. The quantitative estimate of drug-likeness (QED) is 0.385. The first-order chi connectivity index (χ1) is 14.0. The third-order valence-electron chi connectivity index (χ3n) is 4.86. The lowest BCUT2D eigenvalue weighted by molar-refractivity contribution is 0.432. The van der Waals surface area contributed by atoms with Crippen molar-refractivity contribution in [3.05, 3.63) is 94.3 Å². The van der Waals surface area contributed by atoms with Crippen LogP contribution in [0.3, 0.4) is 0 Å². The Morgan fingerprint density at radius 3 is 2.38 bits per heavy atom. The fourth-order valence-electron chi connectivity index (χ4n) is 3.43. The van der Waals surface area contributed by atoms with Crippen LogP contribution >= 0.6 is 15.9 Å². The number of nitriles is 1. The molecular formula is C24H16BrFN2O. The van der Waals surface area contributed by atoms with Crippen molar-refractivity contribution in [2.24, 2.45) is 0 Å². The Bertz CT molecular complexity index is 1250. The van der Waals surface area contributed by atoms with Crippen molar-refractivity contribution in [3.63, 3.8) is 0 Å². The molecule has 0 amide bonds. The number of halogens is 2. The van der Waals surface area contributed by atoms with Crippen LogP contribution in [-0.2, 0) is 0 Å². The minimum absolute atomic E-state index is 0.384. The highest BCUT2D eigenvalue weighted by Crippen LogP contribution is 2.38. The van der Waals surface area contributed by atoms with Gasteiger partial charge in [-0.3, -0.25) is 0 Å². The van der Waals surface area contributed by atoms with Crippen LogP contribution in [0.4, 0.5) is 4.39 Å². The zero-order valence-electron chi connectivity index (χ0n) is 15.5. The van der Waals surface area contributed by atoms with E-state index >= 15 is 0 Å². The van der Waals surface area contributed by atoms with Crippen molar-refractivity contribution in [1.29, 1.82) is 5.26 Å². The summed E-state index contributed by atoms with van der Waals surface area (Å²) in [6, 6.07) is 22.0. The van der Waals surface area contributed by atoms with Gasteiger partial charge >= 0.3 is 0 Å². The lowest BCUT2D eigenvalue weighted by Crippen LogP contribution is -1.99. The highest BCUT2D eigenvalue weighted by molar-refractivity contribution is 9.10. The maximum atomic E-state index is 14.0. The number of benzene rings is 3. The first-order valence-electron chi connectivity index (χ1n) is 8.95. The first-order valence-corrected chi connectivity index (χ1v) is 9.74. The molecule has 0 fully saturated rings. The van der Waals surface area contributed by atoms with Gasteiger partial charge in [-0.25, -0.2) is 4.39 Å². The zero-order chi connectivity index (χ0) is 20.5. The number of rotatable bonds is 3. The van der Waals surface area contributed by atoms with Gasteiger partial charge in [-0.2, -0.15) is 5.26 Å². The molecule has 5 heteroatoms. The molecule has 0 aliphatic rings. The van der Waals surface area contributed by atoms with Crippen LogP contribution in [-0.4, -0.2) is 9.67 Å². The number of aryl methyl sites for hydroxylation is 1. The topological polar surface area (TPSA) is 49.0 Å². The average molecular weight is 447 g/mol. The molecule has 3 nitrogen and oxygen atoms in total. The van der Waals surface area contributed by atoms with E-state index in [0.717, 1.165) is 32.4 Å². The Labute approximate surface area is 176 Å². The minimum Gasteiger partial charge on any atom is -0.505 e. The number of phenolic OH excluding ortho intramolecular Hbond substituents is 1. The average Bonchev–Trinajstić information content (AvgIpc) is 3.15. The fourth-order valence-corrected chi connectivity index (χ4v) is 3.69. The molecule has 1 N–H and O–H groups in total. The van der Waals surface area contributed by atoms with Gasteiger partial charge in [-0.15, -0.1) is 0 Å². The number of aromatic hydroxyl groups is 1. The third kappa shape index (κ3) is 3.55. The number of hydrogen-bond donors (Lipinski definition) is 1. The molecule has 4 rings (SSSR count). The van der Waals surface area contributed by atoms with Gasteiger partial charge in [-0.1, -0.05) is 34.1 Å². The van der Waals surface area contributed by atoms with Gasteiger partial charge in [0, 0.05) is 33.6 Å². The Morgan fingerprint density at radius 1 is 0.966 bits per heavy atom. The van der Waals surface area contributed by atoms with E-state index in [2.05, 4.69) is 22.0 Å². The molecular weight excluding hydrogens is 431 g/mol. The molecule has 3 aromatic carbocycles. The van der Waals surface area contributed by atoms with E-state index in [9.17, 15) is 14.8 Å². The molecule has 0 aliphatic carbocycles. The van der Waals surface area contributed by atoms with Gasteiger partial charge in [0.1, 0.15) is 0 Å². The van der Waals surface area contributed by atoms with Crippen LogP contribution in [0.2, 0.25) is 0 Å². The summed E-state index contributed by atoms with van der Waals surface area (Å²) in [6.45, 7) is 1.95. The Kier molecular flexibility index (Phi) is 4.96. The Morgan fingerprint density at radius 2 is 1.72 bits per heavy atom. The number of nitrogens with zero attached hydrogens (tertiary/aromatic N) is 2. The standard InChI is InChI=1S/C24H16BrFN2O/c1-15-12-16(14-27)2-8-20(15)24-21(17-3-5-18(25)6-4-17)10-11-28(24)19-7-9-23(29)22(26)13-19/h2-13,29H,1H3. The maximum Gasteiger partial charge on any atom is 0.166 e. The lowest BCUT2D eigenvalue weighted by atomic mass is 9.97. The lowest BCUT2D eigenvalue weighted by Gasteiger charge is -2.15. The van der Waals surface area contributed by atoms with Crippen molar-refractivity contribution < 1.29 is 9.50 Å². The molecule has 0 spiro atoms. The fraction of sp³-hybridized carbons (Fsp3) is 0.0417. The van der Waals surface area contributed by atoms with Gasteiger partial charge in [0.05, 0.1) is 17.3 Å². The molecule has 4 aromatic rings. The van der Waals surface area contributed by atoms with E-state index in [0.29, 0.717) is 11.3 Å². The van der Waals surface area contributed by atoms with Crippen LogP contribution in [0.1, 0.15) is 11.1 Å². The summed E-state index contributed by atoms with van der Waals surface area (Å²) >= 11 is 3.46. The van der Waals surface area contributed by atoms with Gasteiger partial charge in [0.25, 0.3) is 0 Å². The maximum absolute atomic E-state index is 14.0. The van der Waals surface area contributed by atoms with Crippen LogP contribution in [0.5, 0.6) is 5.75 Å². The predicted octanol–water partition coefficient (Wildman–Crippen LogP) is 6.60. The minimum atomic E-state index is -0.677. The second-order valence-electron chi connectivity index (χ2n) is 6.73. The predicted molar refractivity (Wildman–Crippen MR) is 115 cm³/mol. The molecule has 0 saturated carbocycles. The molecule has 0 unspecified atom stereocenters. The molecule has 0 radical (unpaired) electrons. The van der Waals surface area contributed by atoms with Gasteiger partial charge in [0.2, 0.25) is 0 Å². The third-order valence-corrected chi connectivity index (χ3v) is 5.39. The van der Waals surface area contributed by atoms with Crippen molar-refractivity contribution >= 4 is 15.9 Å². The van der Waals surface area contributed by atoms with E-state index in [-0.39, 0.29) is 5.75 Å². The van der Waals surface area contributed by atoms with E-state index in [4.69, 9.17) is 0 Å². The van der Waals surface area contributed by atoms with Crippen molar-refractivity contribution in [1.82, 2.24) is 4.57 Å².